The fourth-order valence-corrected chi connectivity index (χ4v) is 2.12. The Morgan fingerprint density at radius 3 is 2.71 bits per heavy atom. The van der Waals surface area contributed by atoms with Crippen LogP contribution in [0.3, 0.4) is 0 Å². The highest BCUT2D eigenvalue weighted by Gasteiger charge is 2.19. The van der Waals surface area contributed by atoms with E-state index >= 15 is 0 Å². The minimum absolute atomic E-state index is 0.514. The fourth-order valence-electron chi connectivity index (χ4n) is 2.12. The fraction of sp³-hybridized carbons (Fsp3) is 0.636. The third-order valence-corrected chi connectivity index (χ3v) is 3.12. The maximum atomic E-state index is 10.5. The molecule has 0 bridgehead atoms. The predicted octanol–water partition coefficient (Wildman–Crippen LogP) is 2.45. The van der Waals surface area contributed by atoms with Gasteiger partial charge in [0.1, 0.15) is 0 Å². The SMILES string of the molecule is CC1CCC(n2cc(C=O)cn2)CC1. The third kappa shape index (κ3) is 1.86. The van der Waals surface area contributed by atoms with Gasteiger partial charge in [0, 0.05) is 6.20 Å². The van der Waals surface area contributed by atoms with E-state index in [0.717, 1.165) is 12.2 Å². The molecule has 0 unspecified atom stereocenters. The first-order valence-electron chi connectivity index (χ1n) is 5.29. The highest BCUT2D eigenvalue weighted by Crippen LogP contribution is 2.31. The number of hydrogen-bond donors (Lipinski definition) is 0. The van der Waals surface area contributed by atoms with Crippen molar-refractivity contribution in [2.24, 2.45) is 5.92 Å². The van der Waals surface area contributed by atoms with Crippen LogP contribution in [0.5, 0.6) is 0 Å². The molecular formula is C11H16N2O. The van der Waals surface area contributed by atoms with Gasteiger partial charge in [0.15, 0.2) is 6.29 Å². The maximum absolute atomic E-state index is 10.5. The first-order valence-corrected chi connectivity index (χ1v) is 5.29. The molecule has 0 amide bonds. The van der Waals surface area contributed by atoms with Gasteiger partial charge in [0.2, 0.25) is 0 Å². The molecule has 0 radical (unpaired) electrons. The lowest BCUT2D eigenvalue weighted by molar-refractivity contribution is 0.112. The molecule has 3 heteroatoms. The monoisotopic (exact) mass is 192 g/mol. The van der Waals surface area contributed by atoms with E-state index in [1.807, 2.05) is 10.9 Å². The molecule has 0 saturated heterocycles. The van der Waals surface area contributed by atoms with Gasteiger partial charge in [-0.3, -0.25) is 9.48 Å². The molecule has 2 rings (SSSR count). The van der Waals surface area contributed by atoms with E-state index < -0.39 is 0 Å². The molecule has 1 aliphatic carbocycles. The summed E-state index contributed by atoms with van der Waals surface area (Å²) in [5.41, 5.74) is 0.684. The van der Waals surface area contributed by atoms with Crippen molar-refractivity contribution in [1.29, 1.82) is 0 Å². The lowest BCUT2D eigenvalue weighted by Gasteiger charge is -2.26. The average molecular weight is 192 g/mol. The topological polar surface area (TPSA) is 34.9 Å². The van der Waals surface area contributed by atoms with Crippen LogP contribution < -0.4 is 0 Å². The number of aldehydes is 1. The number of carbonyl (C=O) groups is 1. The molecule has 1 aromatic heterocycles. The molecule has 1 aliphatic rings. The van der Waals surface area contributed by atoms with Crippen LogP contribution in [-0.4, -0.2) is 16.1 Å². The molecule has 1 aromatic rings. The van der Waals surface area contributed by atoms with Crippen LogP contribution in [0.1, 0.15) is 49.0 Å². The Morgan fingerprint density at radius 1 is 1.43 bits per heavy atom. The van der Waals surface area contributed by atoms with Crippen molar-refractivity contribution in [2.45, 2.75) is 38.6 Å². The lowest BCUT2D eigenvalue weighted by atomic mass is 9.87. The molecular weight excluding hydrogens is 176 g/mol. The number of nitrogens with zero attached hydrogens (tertiary/aromatic N) is 2. The predicted molar refractivity (Wildman–Crippen MR) is 54.3 cm³/mol. The van der Waals surface area contributed by atoms with Gasteiger partial charge >= 0.3 is 0 Å². The van der Waals surface area contributed by atoms with Gasteiger partial charge in [0.05, 0.1) is 17.8 Å². The van der Waals surface area contributed by atoms with Crippen LogP contribution in [0.25, 0.3) is 0 Å². The first-order chi connectivity index (χ1) is 6.79. The average Bonchev–Trinajstić information content (AvgIpc) is 2.67. The summed E-state index contributed by atoms with van der Waals surface area (Å²) in [4.78, 5) is 10.5. The van der Waals surface area contributed by atoms with E-state index in [9.17, 15) is 4.79 Å². The van der Waals surface area contributed by atoms with Crippen molar-refractivity contribution >= 4 is 6.29 Å². The second kappa shape index (κ2) is 3.95. The Labute approximate surface area is 84.1 Å². The second-order valence-corrected chi connectivity index (χ2v) is 4.29. The van der Waals surface area contributed by atoms with Crippen molar-refractivity contribution in [3.8, 4) is 0 Å². The highest BCUT2D eigenvalue weighted by atomic mass is 16.1. The van der Waals surface area contributed by atoms with Crippen LogP contribution in [0.2, 0.25) is 0 Å². The smallest absolute Gasteiger partial charge is 0.153 e. The molecule has 1 heterocycles. The standard InChI is InChI=1S/C11H16N2O/c1-9-2-4-11(5-3-9)13-7-10(8-14)6-12-13/h6-9,11H,2-5H2,1H3. The van der Waals surface area contributed by atoms with Gasteiger partial charge in [-0.1, -0.05) is 6.92 Å². The Balaban J connectivity index is 2.04. The van der Waals surface area contributed by atoms with Crippen molar-refractivity contribution < 1.29 is 4.79 Å². The van der Waals surface area contributed by atoms with Crippen LogP contribution in [-0.2, 0) is 0 Å². The maximum Gasteiger partial charge on any atom is 0.153 e. The summed E-state index contributed by atoms with van der Waals surface area (Å²) in [5, 5.41) is 4.22. The van der Waals surface area contributed by atoms with Crippen LogP contribution >= 0.6 is 0 Å². The van der Waals surface area contributed by atoms with Crippen molar-refractivity contribution in [2.75, 3.05) is 0 Å². The van der Waals surface area contributed by atoms with Gasteiger partial charge in [-0.15, -0.1) is 0 Å². The summed E-state index contributed by atoms with van der Waals surface area (Å²) >= 11 is 0. The van der Waals surface area contributed by atoms with Crippen LogP contribution in [0.4, 0.5) is 0 Å². The largest absolute Gasteiger partial charge is 0.298 e. The number of hydrogen-bond acceptors (Lipinski definition) is 2. The molecule has 14 heavy (non-hydrogen) atoms. The Kier molecular flexibility index (Phi) is 2.66. The molecule has 0 atom stereocenters. The molecule has 0 N–H and O–H groups in total. The van der Waals surface area contributed by atoms with Crippen molar-refractivity contribution in [3.05, 3.63) is 18.0 Å². The molecule has 0 aromatic carbocycles. The molecule has 0 aliphatic heterocycles. The van der Waals surface area contributed by atoms with Gasteiger partial charge in [-0.05, 0) is 31.6 Å². The Hall–Kier alpha value is -1.12. The minimum atomic E-state index is 0.514. The summed E-state index contributed by atoms with van der Waals surface area (Å²) in [6.07, 6.45) is 9.30. The van der Waals surface area contributed by atoms with E-state index in [-0.39, 0.29) is 0 Å². The normalized spacial score (nSPS) is 27.5. The zero-order valence-electron chi connectivity index (χ0n) is 8.52. The van der Waals surface area contributed by atoms with E-state index in [0.29, 0.717) is 11.6 Å². The van der Waals surface area contributed by atoms with Crippen LogP contribution in [0, 0.1) is 5.92 Å². The minimum Gasteiger partial charge on any atom is -0.298 e. The number of carbonyl (C=O) groups excluding carboxylic acids is 1. The van der Waals surface area contributed by atoms with Gasteiger partial charge in [-0.2, -0.15) is 5.10 Å². The summed E-state index contributed by atoms with van der Waals surface area (Å²) in [5.74, 6) is 0.854. The van der Waals surface area contributed by atoms with Crippen molar-refractivity contribution in [3.63, 3.8) is 0 Å². The first kappa shape index (κ1) is 9.44. The highest BCUT2D eigenvalue weighted by molar-refractivity contribution is 5.73. The van der Waals surface area contributed by atoms with Gasteiger partial charge in [0.25, 0.3) is 0 Å². The molecule has 76 valence electrons. The van der Waals surface area contributed by atoms with E-state index in [1.165, 1.54) is 25.7 Å². The number of aromatic nitrogens is 2. The summed E-state index contributed by atoms with van der Waals surface area (Å²) < 4.78 is 1.95. The lowest BCUT2D eigenvalue weighted by Crippen LogP contribution is -2.16. The Morgan fingerprint density at radius 2 is 2.14 bits per heavy atom. The molecule has 0 spiro atoms. The molecule has 1 fully saturated rings. The van der Waals surface area contributed by atoms with E-state index in [1.54, 1.807) is 6.20 Å². The van der Waals surface area contributed by atoms with Gasteiger partial charge < -0.3 is 0 Å². The molecule has 1 saturated carbocycles. The summed E-state index contributed by atoms with van der Waals surface area (Å²) in [7, 11) is 0. The molecule has 3 nitrogen and oxygen atoms in total. The second-order valence-electron chi connectivity index (χ2n) is 4.29. The summed E-state index contributed by atoms with van der Waals surface area (Å²) in [6, 6.07) is 0.514. The van der Waals surface area contributed by atoms with Crippen LogP contribution in [0.15, 0.2) is 12.4 Å². The number of rotatable bonds is 2. The van der Waals surface area contributed by atoms with E-state index in [4.69, 9.17) is 0 Å². The van der Waals surface area contributed by atoms with E-state index in [2.05, 4.69) is 12.0 Å². The van der Waals surface area contributed by atoms with Gasteiger partial charge in [-0.25, -0.2) is 0 Å². The summed E-state index contributed by atoms with van der Waals surface area (Å²) in [6.45, 7) is 2.30. The zero-order chi connectivity index (χ0) is 9.97. The zero-order valence-corrected chi connectivity index (χ0v) is 8.52. The third-order valence-electron chi connectivity index (χ3n) is 3.12. The Bertz CT molecular complexity index is 311. The quantitative estimate of drug-likeness (QED) is 0.674. The van der Waals surface area contributed by atoms with Crippen molar-refractivity contribution in [1.82, 2.24) is 9.78 Å².